The minimum absolute atomic E-state index is 0.0198. The monoisotopic (exact) mass is 396 g/mol. The van der Waals surface area contributed by atoms with Crippen LogP contribution in [0, 0.1) is 5.41 Å². The number of nitrogens with zero attached hydrogens (tertiary/aromatic N) is 3. The molecular weight excluding hydrogens is 368 g/mol. The Balaban J connectivity index is 1.32. The van der Waals surface area contributed by atoms with Crippen molar-refractivity contribution >= 4 is 6.03 Å². The first-order chi connectivity index (χ1) is 13.9. The summed E-state index contributed by atoms with van der Waals surface area (Å²) in [6, 6.07) is 10.1. The van der Waals surface area contributed by atoms with Gasteiger partial charge in [-0.1, -0.05) is 44.2 Å². The Kier molecular flexibility index (Phi) is 5.17. The van der Waals surface area contributed by atoms with Gasteiger partial charge in [0.2, 0.25) is 0 Å². The highest BCUT2D eigenvalue weighted by atomic mass is 16.5. The lowest BCUT2D eigenvalue weighted by atomic mass is 9.64. The van der Waals surface area contributed by atoms with E-state index in [9.17, 15) is 9.59 Å². The minimum atomic E-state index is -0.133. The number of nitrogens with one attached hydrogen (secondary N) is 1. The first-order valence-corrected chi connectivity index (χ1v) is 10.1. The van der Waals surface area contributed by atoms with Crippen molar-refractivity contribution in [2.24, 2.45) is 12.5 Å². The zero-order valence-corrected chi connectivity index (χ0v) is 17.2. The van der Waals surface area contributed by atoms with Crippen LogP contribution in [-0.2, 0) is 31.4 Å². The van der Waals surface area contributed by atoms with Gasteiger partial charge in [-0.3, -0.25) is 4.79 Å². The van der Waals surface area contributed by atoms with E-state index in [2.05, 4.69) is 36.3 Å². The summed E-state index contributed by atoms with van der Waals surface area (Å²) in [4.78, 5) is 31.1. The van der Waals surface area contributed by atoms with Crippen LogP contribution in [-0.4, -0.2) is 39.2 Å². The van der Waals surface area contributed by atoms with Crippen molar-refractivity contribution in [1.82, 2.24) is 19.8 Å². The van der Waals surface area contributed by atoms with E-state index in [1.54, 1.807) is 11.9 Å². The molecule has 1 aromatic heterocycles. The number of hydrogen-bond donors (Lipinski definition) is 1. The van der Waals surface area contributed by atoms with Gasteiger partial charge in [0.1, 0.15) is 0 Å². The lowest BCUT2D eigenvalue weighted by molar-refractivity contribution is -0.122. The highest BCUT2D eigenvalue weighted by Crippen LogP contribution is 2.43. The topological polar surface area (TPSA) is 76.5 Å². The van der Waals surface area contributed by atoms with Crippen LogP contribution in [0.2, 0.25) is 0 Å². The van der Waals surface area contributed by atoms with E-state index in [0.29, 0.717) is 31.8 Å². The predicted octanol–water partition coefficient (Wildman–Crippen LogP) is 2.23. The van der Waals surface area contributed by atoms with Gasteiger partial charge in [0.05, 0.1) is 31.3 Å². The molecular formula is C22H28N4O3. The molecule has 1 aromatic carbocycles. The number of carbonyl (C=O) groups is 1. The van der Waals surface area contributed by atoms with Gasteiger partial charge < -0.3 is 19.5 Å². The van der Waals surface area contributed by atoms with Gasteiger partial charge in [0, 0.05) is 30.6 Å². The van der Waals surface area contributed by atoms with E-state index in [-0.39, 0.29) is 29.2 Å². The summed E-state index contributed by atoms with van der Waals surface area (Å²) < 4.78 is 7.58. The summed E-state index contributed by atoms with van der Waals surface area (Å²) in [7, 11) is 1.70. The molecule has 7 heteroatoms. The maximum Gasteiger partial charge on any atom is 0.318 e. The molecule has 4 rings (SSSR count). The second kappa shape index (κ2) is 7.63. The Morgan fingerprint density at radius 3 is 2.79 bits per heavy atom. The third kappa shape index (κ3) is 3.79. The molecule has 2 aromatic rings. The largest absolute Gasteiger partial charge is 0.373 e. The second-order valence-electron chi connectivity index (χ2n) is 8.60. The molecule has 1 saturated carbocycles. The first kappa shape index (κ1) is 19.6. The van der Waals surface area contributed by atoms with Crippen molar-refractivity contribution in [3.63, 3.8) is 0 Å². The van der Waals surface area contributed by atoms with E-state index in [1.807, 2.05) is 18.2 Å². The van der Waals surface area contributed by atoms with Crippen LogP contribution in [0.3, 0.4) is 0 Å². The smallest absolute Gasteiger partial charge is 0.318 e. The molecule has 2 heterocycles. The summed E-state index contributed by atoms with van der Waals surface area (Å²) in [6.45, 7) is 5.75. The zero-order chi connectivity index (χ0) is 20.6. The summed E-state index contributed by atoms with van der Waals surface area (Å²) in [5.74, 6) is 0. The van der Waals surface area contributed by atoms with E-state index in [0.717, 1.165) is 17.5 Å². The fraction of sp³-hybridized carbons (Fsp3) is 0.500. The molecule has 0 saturated heterocycles. The van der Waals surface area contributed by atoms with Gasteiger partial charge >= 0.3 is 6.03 Å². The van der Waals surface area contributed by atoms with Gasteiger partial charge in [0.15, 0.2) is 0 Å². The van der Waals surface area contributed by atoms with Crippen LogP contribution in [0.5, 0.6) is 0 Å². The maximum absolute atomic E-state index is 12.8. The van der Waals surface area contributed by atoms with Gasteiger partial charge in [-0.2, -0.15) is 0 Å². The van der Waals surface area contributed by atoms with Crippen LogP contribution in [0.25, 0.3) is 0 Å². The van der Waals surface area contributed by atoms with Crippen LogP contribution < -0.4 is 10.9 Å². The molecule has 2 amide bonds. The first-order valence-electron chi connectivity index (χ1n) is 10.1. The third-order valence-electron chi connectivity index (χ3n) is 6.34. The number of benzene rings is 1. The van der Waals surface area contributed by atoms with Gasteiger partial charge in [-0.05, 0) is 18.4 Å². The molecule has 1 fully saturated rings. The molecule has 29 heavy (non-hydrogen) atoms. The third-order valence-corrected chi connectivity index (χ3v) is 6.34. The Morgan fingerprint density at radius 2 is 2.07 bits per heavy atom. The number of aromatic nitrogens is 2. The van der Waals surface area contributed by atoms with Crippen LogP contribution in [0.1, 0.15) is 37.1 Å². The molecule has 2 aliphatic rings. The number of urea groups is 1. The standard InChI is InChI=1S/C22H28N4O3/c1-22(2)18(11-19(22)29-13-15-7-5-4-6-8-15)24-21(28)26-10-9-16-17(12-26)23-14-25(3)20(16)27/h4-8,14,18-19H,9-13H2,1-3H3,(H,24,28). The number of carbonyl (C=O) groups excluding carboxylic acids is 1. The van der Waals surface area contributed by atoms with Crippen LogP contribution in [0.4, 0.5) is 4.79 Å². The van der Waals surface area contributed by atoms with E-state index >= 15 is 0 Å². The predicted molar refractivity (Wildman–Crippen MR) is 109 cm³/mol. The van der Waals surface area contributed by atoms with Crippen molar-refractivity contribution in [3.05, 3.63) is 63.8 Å². The normalized spacial score (nSPS) is 22.5. The summed E-state index contributed by atoms with van der Waals surface area (Å²) in [5.41, 5.74) is 2.42. The molecule has 7 nitrogen and oxygen atoms in total. The van der Waals surface area contributed by atoms with Gasteiger partial charge in [-0.15, -0.1) is 0 Å². The second-order valence-corrected chi connectivity index (χ2v) is 8.60. The average molecular weight is 396 g/mol. The van der Waals surface area contributed by atoms with Gasteiger partial charge in [-0.25, -0.2) is 9.78 Å². The number of hydrogen-bond acceptors (Lipinski definition) is 4. The molecule has 0 radical (unpaired) electrons. The highest BCUT2D eigenvalue weighted by Gasteiger charge is 2.50. The highest BCUT2D eigenvalue weighted by molar-refractivity contribution is 5.75. The molecule has 0 spiro atoms. The number of rotatable bonds is 4. The van der Waals surface area contributed by atoms with Crippen molar-refractivity contribution in [3.8, 4) is 0 Å². The Bertz CT molecular complexity index is 954. The average Bonchev–Trinajstić information content (AvgIpc) is 2.73. The van der Waals surface area contributed by atoms with Crippen molar-refractivity contribution in [2.75, 3.05) is 6.54 Å². The fourth-order valence-corrected chi connectivity index (χ4v) is 4.11. The zero-order valence-electron chi connectivity index (χ0n) is 17.2. The number of fused-ring (bicyclic) bond motifs is 1. The SMILES string of the molecule is Cn1cnc2c(c1=O)CCN(C(=O)NC1CC(OCc3ccccc3)C1(C)C)C2. The molecule has 1 aliphatic heterocycles. The number of amides is 2. The lowest BCUT2D eigenvalue weighted by Gasteiger charge is -2.52. The minimum Gasteiger partial charge on any atom is -0.373 e. The summed E-state index contributed by atoms with van der Waals surface area (Å²) in [6.07, 6.45) is 2.97. The Labute approximate surface area is 170 Å². The molecule has 2 atom stereocenters. The summed E-state index contributed by atoms with van der Waals surface area (Å²) >= 11 is 0. The van der Waals surface area contributed by atoms with E-state index in [1.165, 1.54) is 10.9 Å². The Morgan fingerprint density at radius 1 is 1.31 bits per heavy atom. The van der Waals surface area contributed by atoms with E-state index in [4.69, 9.17) is 4.74 Å². The van der Waals surface area contributed by atoms with Crippen LogP contribution in [0.15, 0.2) is 41.5 Å². The van der Waals surface area contributed by atoms with Gasteiger partial charge in [0.25, 0.3) is 5.56 Å². The molecule has 2 unspecified atom stereocenters. The molecule has 1 N–H and O–H groups in total. The number of aryl methyl sites for hydroxylation is 1. The van der Waals surface area contributed by atoms with Crippen molar-refractivity contribution in [2.45, 2.75) is 52.0 Å². The lowest BCUT2D eigenvalue weighted by Crippen LogP contribution is -2.63. The van der Waals surface area contributed by atoms with E-state index < -0.39 is 0 Å². The molecule has 1 aliphatic carbocycles. The maximum atomic E-state index is 12.8. The fourth-order valence-electron chi connectivity index (χ4n) is 4.11. The summed E-state index contributed by atoms with van der Waals surface area (Å²) in [5, 5.41) is 3.16. The Hall–Kier alpha value is -2.67. The quantitative estimate of drug-likeness (QED) is 0.860. The van der Waals surface area contributed by atoms with Crippen molar-refractivity contribution in [1.29, 1.82) is 0 Å². The van der Waals surface area contributed by atoms with Crippen LogP contribution >= 0.6 is 0 Å². The van der Waals surface area contributed by atoms with Crippen molar-refractivity contribution < 1.29 is 9.53 Å². The molecule has 0 bridgehead atoms. The number of ether oxygens (including phenoxy) is 1. The molecule has 154 valence electrons.